The van der Waals surface area contributed by atoms with Gasteiger partial charge in [-0.25, -0.2) is 9.48 Å². The van der Waals surface area contributed by atoms with Crippen molar-refractivity contribution in [1.29, 1.82) is 0 Å². The number of carbonyl (C=O) groups excluding carboxylic acids is 1. The highest BCUT2D eigenvalue weighted by atomic mass is 16.4. The van der Waals surface area contributed by atoms with Crippen molar-refractivity contribution in [3.8, 4) is 5.69 Å². The predicted octanol–water partition coefficient (Wildman–Crippen LogP) is 2.65. The van der Waals surface area contributed by atoms with Gasteiger partial charge in [0.1, 0.15) is 6.04 Å². The fourth-order valence-electron chi connectivity index (χ4n) is 3.65. The highest BCUT2D eigenvalue weighted by molar-refractivity contribution is 5.96. The fourth-order valence-corrected chi connectivity index (χ4v) is 3.65. The van der Waals surface area contributed by atoms with Crippen LogP contribution in [-0.4, -0.2) is 32.8 Å². The number of carboxylic acid groups (broad SMARTS) is 1. The largest absolute Gasteiger partial charge is 0.480 e. The number of carbonyl (C=O) groups is 2. The lowest BCUT2D eigenvalue weighted by Gasteiger charge is -2.13. The van der Waals surface area contributed by atoms with Crippen molar-refractivity contribution in [3.05, 3.63) is 46.8 Å². The Morgan fingerprint density at radius 3 is 2.65 bits per heavy atom. The zero-order chi connectivity index (χ0) is 18.3. The number of benzene rings is 1. The molecule has 0 radical (unpaired) electrons. The summed E-state index contributed by atoms with van der Waals surface area (Å²) >= 11 is 0. The second kappa shape index (κ2) is 6.59. The van der Waals surface area contributed by atoms with Gasteiger partial charge in [-0.1, -0.05) is 30.5 Å². The molecule has 1 saturated carbocycles. The molecule has 6 heteroatoms. The first-order valence-corrected chi connectivity index (χ1v) is 9.24. The van der Waals surface area contributed by atoms with Crippen LogP contribution in [-0.2, 0) is 17.6 Å². The summed E-state index contributed by atoms with van der Waals surface area (Å²) in [6.45, 7) is 2.03. The summed E-state index contributed by atoms with van der Waals surface area (Å²) in [5.74, 6) is -0.922. The maximum Gasteiger partial charge on any atom is 0.326 e. The first kappa shape index (κ1) is 16.8. The molecule has 4 rings (SSSR count). The van der Waals surface area contributed by atoms with Crippen LogP contribution in [0.4, 0.5) is 0 Å². The number of hydrogen-bond acceptors (Lipinski definition) is 3. The van der Waals surface area contributed by atoms with E-state index in [4.69, 9.17) is 0 Å². The number of fused-ring (bicyclic) bond motifs is 1. The van der Waals surface area contributed by atoms with Gasteiger partial charge >= 0.3 is 5.97 Å². The van der Waals surface area contributed by atoms with Crippen molar-refractivity contribution >= 4 is 11.9 Å². The van der Waals surface area contributed by atoms with Crippen LogP contribution < -0.4 is 5.32 Å². The standard InChI is InChI=1S/C20H23N3O3/c1-12-5-9-14(10-6-12)23-17-4-2-3-15(17)18(22-23)19(24)21-16(20(25)26)11-13-7-8-13/h5-6,9-10,13,16H,2-4,7-8,11H2,1H3,(H,21,24)(H,25,26). The van der Waals surface area contributed by atoms with Crippen LogP contribution in [0.15, 0.2) is 24.3 Å². The molecule has 2 aromatic rings. The molecule has 1 atom stereocenters. The molecule has 0 bridgehead atoms. The second-order valence-electron chi connectivity index (χ2n) is 7.42. The lowest BCUT2D eigenvalue weighted by Crippen LogP contribution is -2.41. The molecule has 136 valence electrons. The highest BCUT2D eigenvalue weighted by Crippen LogP contribution is 2.34. The van der Waals surface area contributed by atoms with Gasteiger partial charge in [0, 0.05) is 11.3 Å². The second-order valence-corrected chi connectivity index (χ2v) is 7.42. The molecular formula is C20H23N3O3. The van der Waals surface area contributed by atoms with E-state index in [2.05, 4.69) is 10.4 Å². The van der Waals surface area contributed by atoms with Crippen molar-refractivity contribution in [2.24, 2.45) is 5.92 Å². The minimum absolute atomic E-state index is 0.373. The average molecular weight is 353 g/mol. The zero-order valence-corrected chi connectivity index (χ0v) is 14.9. The van der Waals surface area contributed by atoms with E-state index in [1.54, 1.807) is 0 Å². The molecule has 1 heterocycles. The van der Waals surface area contributed by atoms with Crippen LogP contribution in [0.2, 0.25) is 0 Å². The molecule has 2 aliphatic rings. The molecule has 2 aliphatic carbocycles. The molecule has 0 spiro atoms. The molecule has 1 amide bonds. The van der Waals surface area contributed by atoms with Gasteiger partial charge < -0.3 is 10.4 Å². The van der Waals surface area contributed by atoms with Crippen molar-refractivity contribution in [2.75, 3.05) is 0 Å². The molecule has 0 aliphatic heterocycles. The number of rotatable bonds is 6. The first-order chi connectivity index (χ1) is 12.5. The molecule has 26 heavy (non-hydrogen) atoms. The lowest BCUT2D eigenvalue weighted by atomic mass is 10.1. The van der Waals surface area contributed by atoms with Crippen molar-refractivity contribution in [1.82, 2.24) is 15.1 Å². The Hall–Kier alpha value is -2.63. The Morgan fingerprint density at radius 1 is 1.27 bits per heavy atom. The average Bonchev–Trinajstić information content (AvgIpc) is 3.16. The van der Waals surface area contributed by atoms with Gasteiger partial charge in [0.25, 0.3) is 5.91 Å². The summed E-state index contributed by atoms with van der Waals surface area (Å²) in [5, 5.41) is 16.7. The molecular weight excluding hydrogens is 330 g/mol. The van der Waals surface area contributed by atoms with E-state index >= 15 is 0 Å². The molecule has 0 saturated heterocycles. The van der Waals surface area contributed by atoms with E-state index in [1.165, 1.54) is 5.56 Å². The van der Waals surface area contributed by atoms with Gasteiger partial charge in [0.05, 0.1) is 5.69 Å². The Balaban J connectivity index is 1.62. The van der Waals surface area contributed by atoms with E-state index in [-0.39, 0.29) is 5.91 Å². The number of aryl methyl sites for hydroxylation is 1. The maximum atomic E-state index is 12.8. The lowest BCUT2D eigenvalue weighted by molar-refractivity contribution is -0.139. The summed E-state index contributed by atoms with van der Waals surface area (Å²) in [6, 6.07) is 7.20. The summed E-state index contributed by atoms with van der Waals surface area (Å²) < 4.78 is 1.84. The molecule has 1 unspecified atom stereocenters. The van der Waals surface area contributed by atoms with Crippen molar-refractivity contribution in [2.45, 2.75) is 51.5 Å². The minimum atomic E-state index is -0.972. The SMILES string of the molecule is Cc1ccc(-n2nc(C(=O)NC(CC3CC3)C(=O)O)c3c2CCC3)cc1. The van der Waals surface area contributed by atoms with E-state index in [9.17, 15) is 14.7 Å². The van der Waals surface area contributed by atoms with Crippen molar-refractivity contribution < 1.29 is 14.7 Å². The van der Waals surface area contributed by atoms with E-state index in [1.807, 2.05) is 35.9 Å². The van der Waals surface area contributed by atoms with E-state index in [0.717, 1.165) is 49.0 Å². The van der Waals surface area contributed by atoms with Crippen LogP contribution in [0.25, 0.3) is 5.69 Å². The number of amides is 1. The third kappa shape index (κ3) is 3.23. The van der Waals surface area contributed by atoms with Crippen LogP contribution in [0.5, 0.6) is 0 Å². The molecule has 6 nitrogen and oxygen atoms in total. The summed E-state index contributed by atoms with van der Waals surface area (Å²) in [5.41, 5.74) is 4.49. The number of hydrogen-bond donors (Lipinski definition) is 2. The molecule has 2 N–H and O–H groups in total. The van der Waals surface area contributed by atoms with Crippen molar-refractivity contribution in [3.63, 3.8) is 0 Å². The third-order valence-electron chi connectivity index (χ3n) is 5.29. The van der Waals surface area contributed by atoms with Gasteiger partial charge in [-0.2, -0.15) is 5.10 Å². The number of nitrogens with one attached hydrogen (secondary N) is 1. The van der Waals surface area contributed by atoms with E-state index < -0.39 is 12.0 Å². The normalized spacial score (nSPS) is 17.0. The van der Waals surface area contributed by atoms with Gasteiger partial charge in [0.15, 0.2) is 5.69 Å². The highest BCUT2D eigenvalue weighted by Gasteiger charge is 2.33. The number of nitrogens with zero attached hydrogens (tertiary/aromatic N) is 2. The van der Waals surface area contributed by atoms with Gasteiger partial charge in [-0.05, 0) is 50.7 Å². The van der Waals surface area contributed by atoms with Crippen LogP contribution in [0, 0.1) is 12.8 Å². The smallest absolute Gasteiger partial charge is 0.326 e. The van der Waals surface area contributed by atoms with Gasteiger partial charge in [0.2, 0.25) is 0 Å². The Morgan fingerprint density at radius 2 is 2.00 bits per heavy atom. The Kier molecular flexibility index (Phi) is 4.26. The molecule has 1 aromatic carbocycles. The van der Waals surface area contributed by atoms with Gasteiger partial charge in [-0.3, -0.25) is 4.79 Å². The first-order valence-electron chi connectivity index (χ1n) is 9.24. The van der Waals surface area contributed by atoms with Crippen LogP contribution >= 0.6 is 0 Å². The van der Waals surface area contributed by atoms with Gasteiger partial charge in [-0.15, -0.1) is 0 Å². The summed E-state index contributed by atoms with van der Waals surface area (Å²) in [7, 11) is 0. The van der Waals surface area contributed by atoms with E-state index in [0.29, 0.717) is 18.0 Å². The minimum Gasteiger partial charge on any atom is -0.480 e. The fraction of sp³-hybridized carbons (Fsp3) is 0.450. The Labute approximate surface area is 152 Å². The predicted molar refractivity (Wildman–Crippen MR) is 96.6 cm³/mol. The number of aromatic nitrogens is 2. The van der Waals surface area contributed by atoms with Crippen LogP contribution in [0.1, 0.15) is 53.0 Å². The maximum absolute atomic E-state index is 12.8. The topological polar surface area (TPSA) is 84.2 Å². The molecule has 1 fully saturated rings. The Bertz CT molecular complexity index is 850. The molecule has 1 aromatic heterocycles. The zero-order valence-electron chi connectivity index (χ0n) is 14.9. The summed E-state index contributed by atoms with van der Waals surface area (Å²) in [6.07, 6.45) is 5.29. The van der Waals surface area contributed by atoms with Crippen LogP contribution in [0.3, 0.4) is 0 Å². The summed E-state index contributed by atoms with van der Waals surface area (Å²) in [4.78, 5) is 24.3. The number of aliphatic carboxylic acids is 1. The quantitative estimate of drug-likeness (QED) is 0.836. The monoisotopic (exact) mass is 353 g/mol. The number of carboxylic acids is 1. The third-order valence-corrected chi connectivity index (χ3v) is 5.29.